The van der Waals surface area contributed by atoms with Gasteiger partial charge in [-0.1, -0.05) is 30.3 Å². The van der Waals surface area contributed by atoms with Gasteiger partial charge in [-0.05, 0) is 17.7 Å². The fourth-order valence-electron chi connectivity index (χ4n) is 1.86. The third kappa shape index (κ3) is 4.90. The van der Waals surface area contributed by atoms with Crippen LogP contribution in [0.25, 0.3) is 0 Å². The van der Waals surface area contributed by atoms with E-state index in [1.807, 2.05) is 30.3 Å². The van der Waals surface area contributed by atoms with Crippen LogP contribution in [0.15, 0.2) is 54.6 Å². The van der Waals surface area contributed by atoms with Crippen LogP contribution in [0.4, 0.5) is 5.69 Å². The minimum atomic E-state index is -0.467. The summed E-state index contributed by atoms with van der Waals surface area (Å²) < 4.78 is 5.46. The highest BCUT2D eigenvalue weighted by molar-refractivity contribution is 5.78. The molecule has 0 radical (unpaired) electrons. The maximum atomic E-state index is 11.7. The monoisotopic (exact) mass is 300 g/mol. The predicted octanol–water partition coefficient (Wildman–Crippen LogP) is 2.33. The molecular formula is C16H16N2O4. The lowest BCUT2D eigenvalue weighted by Gasteiger charge is -2.07. The predicted molar refractivity (Wildman–Crippen MR) is 81.7 cm³/mol. The Hall–Kier alpha value is -2.89. The number of non-ortho nitro benzene ring substituents is 1. The van der Waals surface area contributed by atoms with Gasteiger partial charge in [0.25, 0.3) is 5.69 Å². The number of carbonyl (C=O) groups is 1. The van der Waals surface area contributed by atoms with Crippen LogP contribution in [0, 0.1) is 10.1 Å². The number of benzene rings is 2. The van der Waals surface area contributed by atoms with Crippen LogP contribution in [-0.4, -0.2) is 24.0 Å². The van der Waals surface area contributed by atoms with E-state index in [0.29, 0.717) is 13.2 Å². The number of nitrogens with zero attached hydrogens (tertiary/aromatic N) is 1. The van der Waals surface area contributed by atoms with E-state index in [4.69, 9.17) is 4.74 Å². The first-order chi connectivity index (χ1) is 10.6. The standard InChI is InChI=1S/C16H16N2O4/c19-16(12-13-6-8-14(9-7-13)18(20)21)17-10-11-22-15-4-2-1-3-5-15/h1-9H,10-12H2,(H,17,19). The number of ether oxygens (including phenoxy) is 1. The molecule has 0 aliphatic carbocycles. The van der Waals surface area contributed by atoms with Crippen molar-refractivity contribution in [1.82, 2.24) is 5.32 Å². The maximum absolute atomic E-state index is 11.7. The molecule has 0 aliphatic heterocycles. The van der Waals surface area contributed by atoms with E-state index in [1.54, 1.807) is 12.1 Å². The summed E-state index contributed by atoms with van der Waals surface area (Å²) in [6, 6.07) is 15.3. The van der Waals surface area contributed by atoms with Gasteiger partial charge >= 0.3 is 0 Å². The second kappa shape index (κ2) is 7.78. The molecule has 0 spiro atoms. The Balaban J connectivity index is 1.70. The zero-order valence-corrected chi connectivity index (χ0v) is 11.9. The molecule has 2 aromatic rings. The largest absolute Gasteiger partial charge is 0.492 e. The van der Waals surface area contributed by atoms with Crippen molar-refractivity contribution in [1.29, 1.82) is 0 Å². The second-order valence-corrected chi connectivity index (χ2v) is 4.61. The van der Waals surface area contributed by atoms with E-state index in [1.165, 1.54) is 12.1 Å². The summed E-state index contributed by atoms with van der Waals surface area (Å²) in [6.07, 6.45) is 0.184. The van der Waals surface area contributed by atoms with E-state index >= 15 is 0 Å². The number of nitro groups is 1. The van der Waals surface area contributed by atoms with Crippen molar-refractivity contribution in [3.63, 3.8) is 0 Å². The van der Waals surface area contributed by atoms with Crippen molar-refractivity contribution >= 4 is 11.6 Å². The molecule has 1 amide bonds. The summed E-state index contributed by atoms with van der Waals surface area (Å²) in [5.41, 5.74) is 0.743. The maximum Gasteiger partial charge on any atom is 0.269 e. The molecule has 0 heterocycles. The van der Waals surface area contributed by atoms with Crippen molar-refractivity contribution < 1.29 is 14.5 Å². The average molecular weight is 300 g/mol. The first-order valence-corrected chi connectivity index (χ1v) is 6.83. The second-order valence-electron chi connectivity index (χ2n) is 4.61. The smallest absolute Gasteiger partial charge is 0.269 e. The number of rotatable bonds is 7. The summed E-state index contributed by atoms with van der Waals surface area (Å²) in [5, 5.41) is 13.3. The van der Waals surface area contributed by atoms with Crippen molar-refractivity contribution in [3.05, 3.63) is 70.3 Å². The van der Waals surface area contributed by atoms with Crippen LogP contribution in [0.2, 0.25) is 0 Å². The summed E-state index contributed by atoms with van der Waals surface area (Å²) >= 11 is 0. The Bertz CT molecular complexity index is 626. The first-order valence-electron chi connectivity index (χ1n) is 6.83. The Morgan fingerprint density at radius 2 is 1.77 bits per heavy atom. The number of hydrogen-bond acceptors (Lipinski definition) is 4. The molecule has 0 saturated heterocycles. The van der Waals surface area contributed by atoms with E-state index in [0.717, 1.165) is 11.3 Å². The zero-order valence-electron chi connectivity index (χ0n) is 11.9. The molecule has 0 aliphatic rings. The van der Waals surface area contributed by atoms with Gasteiger partial charge in [0, 0.05) is 12.1 Å². The molecule has 0 aromatic heterocycles. The lowest BCUT2D eigenvalue weighted by Crippen LogP contribution is -2.29. The SMILES string of the molecule is O=C(Cc1ccc([N+](=O)[O-])cc1)NCCOc1ccccc1. The van der Waals surface area contributed by atoms with E-state index in [-0.39, 0.29) is 18.0 Å². The van der Waals surface area contributed by atoms with Crippen LogP contribution < -0.4 is 10.1 Å². The zero-order chi connectivity index (χ0) is 15.8. The number of nitrogens with one attached hydrogen (secondary N) is 1. The summed E-state index contributed by atoms with van der Waals surface area (Å²) in [5.74, 6) is 0.609. The first kappa shape index (κ1) is 15.5. The van der Waals surface area contributed by atoms with Gasteiger partial charge in [-0.3, -0.25) is 14.9 Å². The van der Waals surface area contributed by atoms with Gasteiger partial charge in [0.1, 0.15) is 12.4 Å². The van der Waals surface area contributed by atoms with Gasteiger partial charge in [-0.25, -0.2) is 0 Å². The van der Waals surface area contributed by atoms with Crippen LogP contribution in [-0.2, 0) is 11.2 Å². The molecular weight excluding hydrogens is 284 g/mol. The molecule has 6 heteroatoms. The number of carbonyl (C=O) groups excluding carboxylic acids is 1. The molecule has 0 saturated carbocycles. The highest BCUT2D eigenvalue weighted by Gasteiger charge is 2.07. The van der Waals surface area contributed by atoms with Crippen LogP contribution >= 0.6 is 0 Å². The topological polar surface area (TPSA) is 81.5 Å². The van der Waals surface area contributed by atoms with Crippen molar-refractivity contribution in [2.75, 3.05) is 13.2 Å². The van der Waals surface area contributed by atoms with Crippen LogP contribution in [0.3, 0.4) is 0 Å². The van der Waals surface area contributed by atoms with Gasteiger partial charge in [0.15, 0.2) is 0 Å². The molecule has 2 aromatic carbocycles. The third-order valence-corrected chi connectivity index (χ3v) is 2.95. The Morgan fingerprint density at radius 3 is 2.41 bits per heavy atom. The molecule has 114 valence electrons. The molecule has 6 nitrogen and oxygen atoms in total. The van der Waals surface area contributed by atoms with Crippen LogP contribution in [0.1, 0.15) is 5.56 Å². The quantitative estimate of drug-likeness (QED) is 0.483. The fraction of sp³-hybridized carbons (Fsp3) is 0.188. The summed E-state index contributed by atoms with van der Waals surface area (Å²) in [4.78, 5) is 21.8. The summed E-state index contributed by atoms with van der Waals surface area (Å²) in [6.45, 7) is 0.788. The Morgan fingerprint density at radius 1 is 1.09 bits per heavy atom. The number of hydrogen-bond donors (Lipinski definition) is 1. The van der Waals surface area contributed by atoms with E-state index in [2.05, 4.69) is 5.32 Å². The molecule has 0 atom stereocenters. The highest BCUT2D eigenvalue weighted by Crippen LogP contribution is 2.12. The third-order valence-electron chi connectivity index (χ3n) is 2.95. The van der Waals surface area contributed by atoms with Gasteiger partial charge in [-0.15, -0.1) is 0 Å². The fourth-order valence-corrected chi connectivity index (χ4v) is 1.86. The van der Waals surface area contributed by atoms with Gasteiger partial charge < -0.3 is 10.1 Å². The minimum Gasteiger partial charge on any atom is -0.492 e. The summed E-state index contributed by atoms with van der Waals surface area (Å²) in [7, 11) is 0. The average Bonchev–Trinajstić information content (AvgIpc) is 2.53. The Labute approximate surface area is 127 Å². The molecule has 0 bridgehead atoms. The van der Waals surface area contributed by atoms with Crippen molar-refractivity contribution in [2.24, 2.45) is 0 Å². The number of amides is 1. The lowest BCUT2D eigenvalue weighted by atomic mass is 10.1. The van der Waals surface area contributed by atoms with Crippen molar-refractivity contribution in [3.8, 4) is 5.75 Å². The molecule has 2 rings (SSSR count). The normalized spacial score (nSPS) is 10.0. The highest BCUT2D eigenvalue weighted by atomic mass is 16.6. The Kier molecular flexibility index (Phi) is 5.48. The van der Waals surface area contributed by atoms with Gasteiger partial charge in [0.2, 0.25) is 5.91 Å². The lowest BCUT2D eigenvalue weighted by molar-refractivity contribution is -0.384. The van der Waals surface area contributed by atoms with Gasteiger partial charge in [0.05, 0.1) is 17.9 Å². The number of nitro benzene ring substituents is 1. The van der Waals surface area contributed by atoms with Crippen LogP contribution in [0.5, 0.6) is 5.75 Å². The minimum absolute atomic E-state index is 0.0143. The molecule has 0 fully saturated rings. The van der Waals surface area contributed by atoms with Gasteiger partial charge in [-0.2, -0.15) is 0 Å². The molecule has 0 unspecified atom stereocenters. The molecule has 1 N–H and O–H groups in total. The number of para-hydroxylation sites is 1. The van der Waals surface area contributed by atoms with E-state index in [9.17, 15) is 14.9 Å². The molecule has 22 heavy (non-hydrogen) atoms. The van der Waals surface area contributed by atoms with E-state index < -0.39 is 4.92 Å². The van der Waals surface area contributed by atoms with Crippen molar-refractivity contribution in [2.45, 2.75) is 6.42 Å².